The van der Waals surface area contributed by atoms with E-state index in [2.05, 4.69) is 62.1 Å². The molecule has 1 aromatic rings. The third-order valence-corrected chi connectivity index (χ3v) is 5.35. The van der Waals surface area contributed by atoms with E-state index in [9.17, 15) is 0 Å². The van der Waals surface area contributed by atoms with Crippen molar-refractivity contribution < 1.29 is 0 Å². The van der Waals surface area contributed by atoms with Gasteiger partial charge in [-0.2, -0.15) is 0 Å². The van der Waals surface area contributed by atoms with Crippen LogP contribution in [0.4, 0.5) is 0 Å². The summed E-state index contributed by atoms with van der Waals surface area (Å²) < 4.78 is 0. The lowest BCUT2D eigenvalue weighted by Crippen LogP contribution is -2.34. The average molecular weight is 277 g/mol. The van der Waals surface area contributed by atoms with Gasteiger partial charge in [0.25, 0.3) is 0 Å². The Balaban J connectivity index is 1.92. The summed E-state index contributed by atoms with van der Waals surface area (Å²) in [5.41, 5.74) is 1.44. The minimum absolute atomic E-state index is 0.629. The molecule has 1 saturated carbocycles. The van der Waals surface area contributed by atoms with Crippen molar-refractivity contribution in [3.63, 3.8) is 0 Å². The lowest BCUT2D eigenvalue weighted by Gasteiger charge is -2.20. The molecule has 1 aliphatic rings. The number of hydrogen-bond donors (Lipinski definition) is 1. The van der Waals surface area contributed by atoms with Crippen LogP contribution in [-0.4, -0.2) is 17.8 Å². The van der Waals surface area contributed by atoms with Crippen LogP contribution in [0.1, 0.15) is 57.9 Å². The molecule has 2 unspecified atom stereocenters. The Kier molecular flexibility index (Phi) is 5.77. The van der Waals surface area contributed by atoms with E-state index in [0.717, 1.165) is 17.8 Å². The zero-order valence-electron chi connectivity index (χ0n) is 12.5. The molecule has 2 rings (SSSR count). The predicted octanol–water partition coefficient (Wildman–Crippen LogP) is 4.82. The summed E-state index contributed by atoms with van der Waals surface area (Å²) in [6.07, 6.45) is 5.32. The van der Waals surface area contributed by atoms with Gasteiger partial charge in [-0.05, 0) is 49.4 Å². The van der Waals surface area contributed by atoms with E-state index >= 15 is 0 Å². The van der Waals surface area contributed by atoms with Crippen molar-refractivity contribution in [2.75, 3.05) is 6.54 Å². The summed E-state index contributed by atoms with van der Waals surface area (Å²) >= 11 is 2.07. The molecule has 0 amide bonds. The van der Waals surface area contributed by atoms with Gasteiger partial charge >= 0.3 is 0 Å². The standard InChI is InChI=1S/C17H27NS/c1-4-12-18-16-6-5-7-17(16)19-15-10-8-14(9-11-15)13(2)3/h8-11,13,16-18H,4-7,12H2,1-3H3. The summed E-state index contributed by atoms with van der Waals surface area (Å²) in [6, 6.07) is 9.90. The molecule has 0 radical (unpaired) electrons. The zero-order chi connectivity index (χ0) is 13.7. The molecule has 106 valence electrons. The van der Waals surface area contributed by atoms with Crippen molar-refractivity contribution in [3.8, 4) is 0 Å². The topological polar surface area (TPSA) is 12.0 Å². The number of nitrogens with one attached hydrogen (secondary N) is 1. The van der Waals surface area contributed by atoms with Crippen LogP contribution in [0.15, 0.2) is 29.2 Å². The van der Waals surface area contributed by atoms with Crippen LogP contribution in [0.2, 0.25) is 0 Å². The van der Waals surface area contributed by atoms with Gasteiger partial charge < -0.3 is 5.32 Å². The normalized spacial score (nSPS) is 23.2. The molecule has 0 bridgehead atoms. The van der Waals surface area contributed by atoms with E-state index in [4.69, 9.17) is 0 Å². The molecule has 0 saturated heterocycles. The SMILES string of the molecule is CCCNC1CCCC1Sc1ccc(C(C)C)cc1. The molecule has 1 fully saturated rings. The average Bonchev–Trinajstić information content (AvgIpc) is 2.84. The quantitative estimate of drug-likeness (QED) is 0.800. The van der Waals surface area contributed by atoms with E-state index in [1.165, 1.54) is 36.1 Å². The fourth-order valence-electron chi connectivity index (χ4n) is 2.74. The van der Waals surface area contributed by atoms with Gasteiger partial charge in [0, 0.05) is 16.2 Å². The van der Waals surface area contributed by atoms with Crippen LogP contribution in [0.3, 0.4) is 0 Å². The maximum atomic E-state index is 3.71. The molecular formula is C17H27NS. The maximum absolute atomic E-state index is 3.71. The summed E-state index contributed by atoms with van der Waals surface area (Å²) in [4.78, 5) is 1.43. The highest BCUT2D eigenvalue weighted by Crippen LogP contribution is 2.35. The maximum Gasteiger partial charge on any atom is 0.0248 e. The van der Waals surface area contributed by atoms with Gasteiger partial charge in [0.2, 0.25) is 0 Å². The molecule has 0 aliphatic heterocycles. The first kappa shape index (κ1) is 14.9. The van der Waals surface area contributed by atoms with Gasteiger partial charge in [-0.3, -0.25) is 0 Å². The summed E-state index contributed by atoms with van der Waals surface area (Å²) in [7, 11) is 0. The minimum Gasteiger partial charge on any atom is -0.313 e. The molecule has 1 aromatic carbocycles. The monoisotopic (exact) mass is 277 g/mol. The largest absolute Gasteiger partial charge is 0.313 e. The van der Waals surface area contributed by atoms with Gasteiger partial charge in [-0.1, -0.05) is 39.3 Å². The first-order chi connectivity index (χ1) is 9.20. The number of rotatable bonds is 6. The fraction of sp³-hybridized carbons (Fsp3) is 0.647. The molecule has 2 atom stereocenters. The van der Waals surface area contributed by atoms with Crippen molar-refractivity contribution in [1.82, 2.24) is 5.32 Å². The molecule has 0 aromatic heterocycles. The van der Waals surface area contributed by atoms with Gasteiger partial charge in [0.1, 0.15) is 0 Å². The lowest BCUT2D eigenvalue weighted by atomic mass is 10.0. The van der Waals surface area contributed by atoms with Crippen molar-refractivity contribution >= 4 is 11.8 Å². The highest BCUT2D eigenvalue weighted by atomic mass is 32.2. The van der Waals surface area contributed by atoms with E-state index < -0.39 is 0 Å². The summed E-state index contributed by atoms with van der Waals surface area (Å²) in [5.74, 6) is 0.629. The van der Waals surface area contributed by atoms with Crippen LogP contribution in [0.5, 0.6) is 0 Å². The number of thioether (sulfide) groups is 1. The third kappa shape index (κ3) is 4.25. The van der Waals surface area contributed by atoms with Crippen molar-refractivity contribution in [3.05, 3.63) is 29.8 Å². The molecular weight excluding hydrogens is 250 g/mol. The third-order valence-electron chi connectivity index (χ3n) is 3.94. The Morgan fingerprint density at radius 3 is 2.58 bits per heavy atom. The molecule has 0 heterocycles. The lowest BCUT2D eigenvalue weighted by molar-refractivity contribution is 0.531. The minimum atomic E-state index is 0.629. The molecule has 1 aliphatic carbocycles. The van der Waals surface area contributed by atoms with Gasteiger partial charge in [0.05, 0.1) is 0 Å². The number of benzene rings is 1. The summed E-state index contributed by atoms with van der Waals surface area (Å²) in [6.45, 7) is 7.91. The Labute approximate surface area is 122 Å². The molecule has 0 spiro atoms. The van der Waals surface area contributed by atoms with E-state index in [1.807, 2.05) is 0 Å². The highest BCUT2D eigenvalue weighted by molar-refractivity contribution is 8.00. The van der Waals surface area contributed by atoms with E-state index in [1.54, 1.807) is 0 Å². The van der Waals surface area contributed by atoms with E-state index in [0.29, 0.717) is 5.92 Å². The van der Waals surface area contributed by atoms with Crippen molar-refractivity contribution in [2.24, 2.45) is 0 Å². The van der Waals surface area contributed by atoms with Gasteiger partial charge in [-0.15, -0.1) is 11.8 Å². The smallest absolute Gasteiger partial charge is 0.0248 e. The second-order valence-corrected chi connectivity index (χ2v) is 7.18. The van der Waals surface area contributed by atoms with Crippen molar-refractivity contribution in [1.29, 1.82) is 0 Å². The summed E-state index contributed by atoms with van der Waals surface area (Å²) in [5, 5.41) is 4.47. The second-order valence-electron chi connectivity index (χ2n) is 5.87. The Bertz CT molecular complexity index is 371. The Morgan fingerprint density at radius 2 is 1.95 bits per heavy atom. The second kappa shape index (κ2) is 7.35. The first-order valence-electron chi connectivity index (χ1n) is 7.70. The van der Waals surface area contributed by atoms with Crippen LogP contribution in [-0.2, 0) is 0 Å². The van der Waals surface area contributed by atoms with Crippen LogP contribution in [0.25, 0.3) is 0 Å². The van der Waals surface area contributed by atoms with Gasteiger partial charge in [0.15, 0.2) is 0 Å². The van der Waals surface area contributed by atoms with Crippen molar-refractivity contribution in [2.45, 2.75) is 68.6 Å². The zero-order valence-corrected chi connectivity index (χ0v) is 13.3. The predicted molar refractivity (Wildman–Crippen MR) is 86.1 cm³/mol. The highest BCUT2D eigenvalue weighted by Gasteiger charge is 2.27. The molecule has 19 heavy (non-hydrogen) atoms. The molecule has 1 nitrogen and oxygen atoms in total. The van der Waals surface area contributed by atoms with Crippen LogP contribution in [0, 0.1) is 0 Å². The number of hydrogen-bond acceptors (Lipinski definition) is 2. The fourth-order valence-corrected chi connectivity index (χ4v) is 4.06. The van der Waals surface area contributed by atoms with E-state index in [-0.39, 0.29) is 0 Å². The molecule has 1 N–H and O–H groups in total. The van der Waals surface area contributed by atoms with Gasteiger partial charge in [-0.25, -0.2) is 0 Å². The Hall–Kier alpha value is -0.470. The molecule has 2 heteroatoms. The first-order valence-corrected chi connectivity index (χ1v) is 8.58. The van der Waals surface area contributed by atoms with Crippen LogP contribution >= 0.6 is 11.8 Å². The Morgan fingerprint density at radius 1 is 1.21 bits per heavy atom. The van der Waals surface area contributed by atoms with Crippen LogP contribution < -0.4 is 5.32 Å².